The fraction of sp³-hybridized carbons (Fsp3) is 0.0909. The SMILES string of the molecule is O=S(=O)(c1[nH]c(-c2ccc(Cl)cc2)cc1Br)C(F)(F)F. The van der Waals surface area contributed by atoms with Crippen LogP contribution in [0.5, 0.6) is 0 Å². The molecule has 20 heavy (non-hydrogen) atoms. The topological polar surface area (TPSA) is 49.9 Å². The average molecular weight is 389 g/mol. The third-order valence-electron chi connectivity index (χ3n) is 2.46. The number of rotatable bonds is 2. The van der Waals surface area contributed by atoms with Crippen molar-refractivity contribution in [1.29, 1.82) is 0 Å². The Morgan fingerprint density at radius 2 is 1.70 bits per heavy atom. The molecule has 0 aliphatic carbocycles. The molecule has 108 valence electrons. The van der Waals surface area contributed by atoms with Gasteiger partial charge in [0.15, 0.2) is 5.03 Å². The average Bonchev–Trinajstić information content (AvgIpc) is 2.71. The number of benzene rings is 1. The van der Waals surface area contributed by atoms with Crippen molar-refractivity contribution < 1.29 is 21.6 Å². The molecule has 0 fully saturated rings. The summed E-state index contributed by atoms with van der Waals surface area (Å²) in [7, 11) is -5.43. The van der Waals surface area contributed by atoms with Crippen molar-refractivity contribution in [3.05, 3.63) is 39.8 Å². The summed E-state index contributed by atoms with van der Waals surface area (Å²) in [5.41, 5.74) is -4.62. The second kappa shape index (κ2) is 5.09. The van der Waals surface area contributed by atoms with E-state index in [1.54, 1.807) is 24.3 Å². The standard InChI is InChI=1S/C11H6BrClF3NO2S/c12-8-5-9(6-1-3-7(13)4-2-6)17-10(8)20(18,19)11(14,15)16/h1-5,17H. The van der Waals surface area contributed by atoms with Crippen molar-refractivity contribution in [2.75, 3.05) is 0 Å². The van der Waals surface area contributed by atoms with Crippen molar-refractivity contribution in [2.45, 2.75) is 10.5 Å². The molecule has 2 rings (SSSR count). The molecule has 3 nitrogen and oxygen atoms in total. The summed E-state index contributed by atoms with van der Waals surface area (Å²) < 4.78 is 60.1. The first-order valence-corrected chi connectivity index (χ1v) is 7.74. The summed E-state index contributed by atoms with van der Waals surface area (Å²) >= 11 is 8.52. The van der Waals surface area contributed by atoms with E-state index in [0.717, 1.165) is 0 Å². The van der Waals surface area contributed by atoms with Gasteiger partial charge in [-0.05, 0) is 39.7 Å². The van der Waals surface area contributed by atoms with Crippen LogP contribution in [0, 0.1) is 0 Å². The van der Waals surface area contributed by atoms with Gasteiger partial charge < -0.3 is 4.98 Å². The highest BCUT2D eigenvalue weighted by molar-refractivity contribution is 9.10. The number of aromatic amines is 1. The van der Waals surface area contributed by atoms with Crippen molar-refractivity contribution >= 4 is 37.4 Å². The van der Waals surface area contributed by atoms with Crippen molar-refractivity contribution in [2.24, 2.45) is 0 Å². The molecule has 0 atom stereocenters. The van der Waals surface area contributed by atoms with E-state index in [4.69, 9.17) is 11.6 Å². The molecule has 0 saturated heterocycles. The van der Waals surface area contributed by atoms with Gasteiger partial charge in [-0.25, -0.2) is 8.42 Å². The summed E-state index contributed by atoms with van der Waals surface area (Å²) in [5, 5.41) is -0.461. The first kappa shape index (κ1) is 15.4. The van der Waals surface area contributed by atoms with Gasteiger partial charge in [0.1, 0.15) is 0 Å². The number of sulfone groups is 1. The second-order valence-electron chi connectivity index (χ2n) is 3.82. The van der Waals surface area contributed by atoms with E-state index in [9.17, 15) is 21.6 Å². The van der Waals surface area contributed by atoms with E-state index < -0.39 is 20.4 Å². The number of halogens is 5. The normalized spacial score (nSPS) is 12.7. The lowest BCUT2D eigenvalue weighted by atomic mass is 10.2. The van der Waals surface area contributed by atoms with Crippen LogP contribution < -0.4 is 0 Å². The van der Waals surface area contributed by atoms with E-state index >= 15 is 0 Å². The molecule has 1 aromatic heterocycles. The molecule has 0 aliphatic heterocycles. The lowest BCUT2D eigenvalue weighted by molar-refractivity contribution is -0.0438. The maximum Gasteiger partial charge on any atom is 0.503 e. The molecular formula is C11H6BrClF3NO2S. The summed E-state index contributed by atoms with van der Waals surface area (Å²) in [6.45, 7) is 0. The predicted molar refractivity (Wildman–Crippen MR) is 72.2 cm³/mol. The molecular weight excluding hydrogens is 383 g/mol. The zero-order valence-electron chi connectivity index (χ0n) is 9.50. The van der Waals surface area contributed by atoms with Gasteiger partial charge in [0.05, 0.1) is 4.47 Å². The first-order chi connectivity index (χ1) is 9.13. The second-order valence-corrected chi connectivity index (χ2v) is 6.98. The zero-order valence-corrected chi connectivity index (χ0v) is 12.7. The summed E-state index contributed by atoms with van der Waals surface area (Å²) in [6.07, 6.45) is 0. The number of hydrogen-bond donors (Lipinski definition) is 1. The quantitative estimate of drug-likeness (QED) is 0.829. The van der Waals surface area contributed by atoms with Crippen LogP contribution in [-0.2, 0) is 9.84 Å². The van der Waals surface area contributed by atoms with Crippen LogP contribution in [0.1, 0.15) is 0 Å². The molecule has 1 heterocycles. The molecule has 0 radical (unpaired) electrons. The molecule has 0 unspecified atom stereocenters. The molecule has 0 bridgehead atoms. The maximum absolute atomic E-state index is 12.5. The Morgan fingerprint density at radius 3 is 2.20 bits per heavy atom. The Balaban J connectivity index is 2.53. The van der Waals surface area contributed by atoms with Crippen molar-refractivity contribution in [3.8, 4) is 11.3 Å². The Hall–Kier alpha value is -0.990. The lowest BCUT2D eigenvalue weighted by Crippen LogP contribution is -2.23. The molecule has 2 aromatic rings. The highest BCUT2D eigenvalue weighted by Crippen LogP contribution is 2.36. The third kappa shape index (κ3) is 2.72. The third-order valence-corrected chi connectivity index (χ3v) is 5.07. The van der Waals surface area contributed by atoms with Gasteiger partial charge in [-0.15, -0.1) is 0 Å². The van der Waals surface area contributed by atoms with Gasteiger partial charge >= 0.3 is 5.51 Å². The van der Waals surface area contributed by atoms with E-state index in [-0.39, 0.29) is 10.2 Å². The van der Waals surface area contributed by atoms with Gasteiger partial charge in [0.25, 0.3) is 9.84 Å². The number of aromatic nitrogens is 1. The first-order valence-electron chi connectivity index (χ1n) is 5.09. The van der Waals surface area contributed by atoms with Gasteiger partial charge in [-0.2, -0.15) is 13.2 Å². The van der Waals surface area contributed by atoms with E-state index in [2.05, 4.69) is 20.9 Å². The number of H-pyrrole nitrogens is 1. The number of nitrogens with one attached hydrogen (secondary N) is 1. The molecule has 9 heteroatoms. The van der Waals surface area contributed by atoms with Crippen LogP contribution in [0.15, 0.2) is 39.8 Å². The number of alkyl halides is 3. The van der Waals surface area contributed by atoms with Crippen LogP contribution in [0.4, 0.5) is 13.2 Å². The molecule has 1 N–H and O–H groups in total. The van der Waals surface area contributed by atoms with Crippen LogP contribution in [-0.4, -0.2) is 18.9 Å². The minimum atomic E-state index is -5.43. The minimum Gasteiger partial charge on any atom is -0.344 e. The highest BCUT2D eigenvalue weighted by Gasteiger charge is 2.48. The van der Waals surface area contributed by atoms with Crippen LogP contribution in [0.25, 0.3) is 11.3 Å². The molecule has 0 amide bonds. The molecule has 0 spiro atoms. The van der Waals surface area contributed by atoms with E-state index in [1.165, 1.54) is 6.07 Å². The van der Waals surface area contributed by atoms with E-state index in [1.807, 2.05) is 0 Å². The monoisotopic (exact) mass is 387 g/mol. The molecule has 0 aliphatic rings. The van der Waals surface area contributed by atoms with Gasteiger partial charge in [-0.1, -0.05) is 23.7 Å². The Kier molecular flexibility index (Phi) is 3.92. The summed E-state index contributed by atoms with van der Waals surface area (Å²) in [6, 6.07) is 7.48. The molecule has 0 saturated carbocycles. The minimum absolute atomic E-state index is 0.181. The Morgan fingerprint density at radius 1 is 1.15 bits per heavy atom. The summed E-state index contributed by atoms with van der Waals surface area (Å²) in [5.74, 6) is 0. The largest absolute Gasteiger partial charge is 0.503 e. The lowest BCUT2D eigenvalue weighted by Gasteiger charge is -2.06. The fourth-order valence-corrected chi connectivity index (χ4v) is 3.39. The fourth-order valence-electron chi connectivity index (χ4n) is 1.51. The number of hydrogen-bond acceptors (Lipinski definition) is 2. The van der Waals surface area contributed by atoms with Crippen molar-refractivity contribution in [1.82, 2.24) is 4.98 Å². The predicted octanol–water partition coefficient (Wildman–Crippen LogP) is 4.39. The maximum atomic E-state index is 12.5. The van der Waals surface area contributed by atoms with Crippen molar-refractivity contribution in [3.63, 3.8) is 0 Å². The van der Waals surface area contributed by atoms with Gasteiger partial charge in [0.2, 0.25) is 0 Å². The zero-order chi connectivity index (χ0) is 15.1. The van der Waals surface area contributed by atoms with Gasteiger partial charge in [-0.3, -0.25) is 0 Å². The Labute approximate surface area is 125 Å². The highest BCUT2D eigenvalue weighted by atomic mass is 79.9. The van der Waals surface area contributed by atoms with Crippen LogP contribution in [0.2, 0.25) is 5.02 Å². The molecule has 1 aromatic carbocycles. The van der Waals surface area contributed by atoms with E-state index in [0.29, 0.717) is 10.6 Å². The van der Waals surface area contributed by atoms with Gasteiger partial charge in [0, 0.05) is 10.7 Å². The van der Waals surface area contributed by atoms with Crippen LogP contribution >= 0.6 is 27.5 Å². The van der Waals surface area contributed by atoms with Crippen LogP contribution in [0.3, 0.4) is 0 Å². The summed E-state index contributed by atoms with van der Waals surface area (Å²) in [4.78, 5) is 2.27. The smallest absolute Gasteiger partial charge is 0.344 e. The Bertz CT molecular complexity index is 738.